The summed E-state index contributed by atoms with van der Waals surface area (Å²) in [5.41, 5.74) is -0.0825. The van der Waals surface area contributed by atoms with E-state index in [4.69, 9.17) is 18.9 Å². The van der Waals surface area contributed by atoms with E-state index in [0.717, 1.165) is 5.56 Å². The van der Waals surface area contributed by atoms with Crippen LogP contribution in [0.3, 0.4) is 0 Å². The van der Waals surface area contributed by atoms with Crippen LogP contribution in [-0.4, -0.2) is 62.8 Å². The lowest BCUT2D eigenvalue weighted by Crippen LogP contribution is -2.82. The molecule has 226 valence electrons. The smallest absolute Gasteiger partial charge is 0.323 e. The first kappa shape index (κ1) is 31.2. The van der Waals surface area contributed by atoms with Crippen LogP contribution in [0, 0.1) is 5.92 Å². The summed E-state index contributed by atoms with van der Waals surface area (Å²) in [6.07, 6.45) is 0.116. The highest BCUT2D eigenvalue weighted by molar-refractivity contribution is 6.16. The average Bonchev–Trinajstić information content (AvgIpc) is 3.03. The maximum absolute atomic E-state index is 14.6. The van der Waals surface area contributed by atoms with E-state index in [0.29, 0.717) is 17.0 Å². The molecular weight excluding hydrogens is 552 g/mol. The van der Waals surface area contributed by atoms with Gasteiger partial charge in [0, 0.05) is 5.69 Å². The van der Waals surface area contributed by atoms with Gasteiger partial charge in [0.25, 0.3) is 5.91 Å². The average molecular weight is 589 g/mol. The van der Waals surface area contributed by atoms with Crippen molar-refractivity contribution in [1.82, 2.24) is 5.32 Å². The van der Waals surface area contributed by atoms with Crippen molar-refractivity contribution in [3.8, 4) is 5.75 Å². The summed E-state index contributed by atoms with van der Waals surface area (Å²) in [4.78, 5) is 56.7. The second-order valence-corrected chi connectivity index (χ2v) is 9.90. The summed E-state index contributed by atoms with van der Waals surface area (Å²) in [5, 5.41) is 3.17. The van der Waals surface area contributed by atoms with Crippen LogP contribution in [0.25, 0.3) is 0 Å². The van der Waals surface area contributed by atoms with Crippen molar-refractivity contribution in [2.75, 3.05) is 32.3 Å². The van der Waals surface area contributed by atoms with Gasteiger partial charge < -0.3 is 23.8 Å². The normalized spacial score (nSPS) is 18.4. The van der Waals surface area contributed by atoms with Gasteiger partial charge in [-0.25, -0.2) is 0 Å². The second kappa shape index (κ2) is 14.0. The number of esters is 3. The molecule has 0 bridgehead atoms. The summed E-state index contributed by atoms with van der Waals surface area (Å²) < 4.78 is 21.1. The molecule has 1 unspecified atom stereocenters. The van der Waals surface area contributed by atoms with Crippen LogP contribution >= 0.6 is 0 Å². The standard InChI is InChI=1S/C33H36N2O8/c1-5-42-30(37)27(31(38)43-6-2)33(34-26(29(36)41-4)21-22-13-9-7-10-14-22)28(23-15-11-8-12-16-23)35(32(33)39)24-17-19-25(40-3)20-18-24/h7-20,26-28,34H,5-6,21H2,1-4H3/t26?,28-,33-/m1/s1. The monoisotopic (exact) mass is 588 g/mol. The van der Waals surface area contributed by atoms with Gasteiger partial charge in [0.1, 0.15) is 17.3 Å². The first-order valence-electron chi connectivity index (χ1n) is 14.1. The van der Waals surface area contributed by atoms with Gasteiger partial charge >= 0.3 is 17.9 Å². The molecule has 43 heavy (non-hydrogen) atoms. The maximum atomic E-state index is 14.6. The molecule has 1 amide bonds. The van der Waals surface area contributed by atoms with Crippen LogP contribution in [0.4, 0.5) is 5.69 Å². The Morgan fingerprint density at radius 2 is 1.37 bits per heavy atom. The van der Waals surface area contributed by atoms with Crippen molar-refractivity contribution < 1.29 is 38.1 Å². The number of benzene rings is 3. The molecule has 0 aliphatic carbocycles. The molecule has 3 aromatic rings. The van der Waals surface area contributed by atoms with Gasteiger partial charge in [0.15, 0.2) is 5.92 Å². The Morgan fingerprint density at radius 1 is 0.814 bits per heavy atom. The number of nitrogens with one attached hydrogen (secondary N) is 1. The van der Waals surface area contributed by atoms with Crippen molar-refractivity contribution >= 4 is 29.5 Å². The van der Waals surface area contributed by atoms with E-state index in [9.17, 15) is 19.2 Å². The maximum Gasteiger partial charge on any atom is 0.323 e. The molecule has 1 N–H and O–H groups in total. The number of carbonyl (C=O) groups is 4. The van der Waals surface area contributed by atoms with E-state index in [-0.39, 0.29) is 19.6 Å². The van der Waals surface area contributed by atoms with Crippen LogP contribution < -0.4 is 15.0 Å². The molecule has 0 saturated carbocycles. The highest BCUT2D eigenvalue weighted by Crippen LogP contribution is 2.51. The Bertz CT molecular complexity index is 1400. The number of hydrogen-bond donors (Lipinski definition) is 1. The summed E-state index contributed by atoms with van der Waals surface area (Å²) >= 11 is 0. The predicted octanol–water partition coefficient (Wildman–Crippen LogP) is 3.64. The van der Waals surface area contributed by atoms with Crippen LogP contribution in [0.2, 0.25) is 0 Å². The quantitative estimate of drug-likeness (QED) is 0.138. The number of ether oxygens (including phenoxy) is 4. The van der Waals surface area contributed by atoms with Crippen LogP contribution in [0.1, 0.15) is 31.0 Å². The SMILES string of the molecule is CCOC(=O)C(C(=O)OCC)[C@]1(NC(Cc2ccccc2)C(=O)OC)C(=O)N(c2ccc(OC)cc2)[C@@H]1c1ccccc1. The molecule has 1 heterocycles. The van der Waals surface area contributed by atoms with Crippen LogP contribution in [-0.2, 0) is 39.8 Å². The largest absolute Gasteiger partial charge is 0.497 e. The van der Waals surface area contributed by atoms with E-state index < -0.39 is 47.4 Å². The number of methoxy groups -OCH3 is 2. The molecule has 10 heteroatoms. The Morgan fingerprint density at radius 3 is 1.88 bits per heavy atom. The Hall–Kier alpha value is -4.70. The molecule has 3 aromatic carbocycles. The number of anilines is 1. The number of rotatable bonds is 13. The van der Waals surface area contributed by atoms with Crippen molar-refractivity contribution in [2.24, 2.45) is 5.92 Å². The molecule has 0 spiro atoms. The van der Waals surface area contributed by atoms with E-state index in [1.807, 2.05) is 36.4 Å². The molecule has 10 nitrogen and oxygen atoms in total. The third kappa shape index (κ3) is 6.24. The molecule has 4 rings (SSSR count). The molecule has 3 atom stereocenters. The second-order valence-electron chi connectivity index (χ2n) is 9.90. The fraction of sp³-hybridized carbons (Fsp3) is 0.333. The number of β-lactam (4-membered cyclic amide) rings is 1. The Kier molecular flexibility index (Phi) is 10.2. The molecular formula is C33H36N2O8. The molecule has 0 aromatic heterocycles. The van der Waals surface area contributed by atoms with Gasteiger partial charge in [0.2, 0.25) is 0 Å². The molecule has 0 radical (unpaired) electrons. The lowest BCUT2D eigenvalue weighted by Gasteiger charge is -2.58. The van der Waals surface area contributed by atoms with Gasteiger partial charge in [-0.3, -0.25) is 24.5 Å². The van der Waals surface area contributed by atoms with Gasteiger partial charge in [-0.05, 0) is 55.7 Å². The van der Waals surface area contributed by atoms with E-state index in [2.05, 4.69) is 5.32 Å². The van der Waals surface area contributed by atoms with Crippen molar-refractivity contribution in [3.63, 3.8) is 0 Å². The topological polar surface area (TPSA) is 120 Å². The fourth-order valence-electron chi connectivity index (χ4n) is 5.53. The first-order valence-corrected chi connectivity index (χ1v) is 14.1. The highest BCUT2D eigenvalue weighted by Gasteiger charge is 2.71. The Balaban J connectivity index is 1.95. The van der Waals surface area contributed by atoms with Gasteiger partial charge in [-0.1, -0.05) is 60.7 Å². The van der Waals surface area contributed by atoms with E-state index in [1.165, 1.54) is 19.1 Å². The molecule has 1 saturated heterocycles. The predicted molar refractivity (Wildman–Crippen MR) is 158 cm³/mol. The highest BCUT2D eigenvalue weighted by atomic mass is 16.6. The minimum Gasteiger partial charge on any atom is -0.497 e. The lowest BCUT2D eigenvalue weighted by molar-refractivity contribution is -0.174. The summed E-state index contributed by atoms with van der Waals surface area (Å²) in [7, 11) is 2.78. The van der Waals surface area contributed by atoms with Crippen molar-refractivity contribution in [3.05, 3.63) is 96.1 Å². The van der Waals surface area contributed by atoms with Gasteiger partial charge in [0.05, 0.1) is 33.5 Å². The number of carbonyl (C=O) groups excluding carboxylic acids is 4. The first-order chi connectivity index (χ1) is 20.8. The minimum absolute atomic E-state index is 0.0400. The van der Waals surface area contributed by atoms with Crippen molar-refractivity contribution in [1.29, 1.82) is 0 Å². The molecule has 1 aliphatic heterocycles. The summed E-state index contributed by atoms with van der Waals surface area (Å²) in [5.74, 6) is -4.33. The molecule has 1 aliphatic rings. The fourth-order valence-corrected chi connectivity index (χ4v) is 5.53. The van der Waals surface area contributed by atoms with E-state index in [1.54, 1.807) is 62.4 Å². The van der Waals surface area contributed by atoms with Crippen LogP contribution in [0.5, 0.6) is 5.75 Å². The van der Waals surface area contributed by atoms with Crippen LogP contribution in [0.15, 0.2) is 84.9 Å². The Labute approximate surface area is 250 Å². The number of hydrogen-bond acceptors (Lipinski definition) is 9. The number of amides is 1. The van der Waals surface area contributed by atoms with Gasteiger partial charge in [-0.15, -0.1) is 0 Å². The lowest BCUT2D eigenvalue weighted by atomic mass is 9.65. The van der Waals surface area contributed by atoms with Gasteiger partial charge in [-0.2, -0.15) is 0 Å². The summed E-state index contributed by atoms with van der Waals surface area (Å²) in [6.45, 7) is 3.13. The van der Waals surface area contributed by atoms with Crippen molar-refractivity contribution in [2.45, 2.75) is 37.9 Å². The van der Waals surface area contributed by atoms with E-state index >= 15 is 0 Å². The zero-order valence-electron chi connectivity index (χ0n) is 24.6. The third-order valence-electron chi connectivity index (χ3n) is 7.41. The molecule has 1 fully saturated rings. The zero-order chi connectivity index (χ0) is 31.0. The third-order valence-corrected chi connectivity index (χ3v) is 7.41. The number of nitrogens with zero attached hydrogens (tertiary/aromatic N) is 1. The zero-order valence-corrected chi connectivity index (χ0v) is 24.6. The summed E-state index contributed by atoms with van der Waals surface area (Å²) in [6, 6.07) is 22.9. The minimum atomic E-state index is -1.98.